The Balaban J connectivity index is 1.88. The number of nitrogens with one attached hydrogen (secondary N) is 1. The van der Waals surface area contributed by atoms with Gasteiger partial charge in [0.1, 0.15) is 11.5 Å². The van der Waals surface area contributed by atoms with E-state index in [1.165, 1.54) is 0 Å². The van der Waals surface area contributed by atoms with Crippen LogP contribution in [0.1, 0.15) is 43.4 Å². The normalized spacial score (nSPS) is 11.9. The molecule has 0 spiro atoms. The molecular weight excluding hydrogens is 326 g/mol. The predicted octanol–water partition coefficient (Wildman–Crippen LogP) is 4.25. The standard InChI is InChI=1S/C22H29NO3/c1-15(2)20-11-6-16(3)14-21(20)26-17(4)22(24)23-13-12-18-7-9-19(25-5)10-8-18/h6-11,14-15,17H,12-13H2,1-5H3,(H,23,24). The van der Waals surface area contributed by atoms with Crippen LogP contribution in [0.5, 0.6) is 11.5 Å². The van der Waals surface area contributed by atoms with Crippen LogP contribution in [-0.2, 0) is 11.2 Å². The minimum absolute atomic E-state index is 0.102. The second kappa shape index (κ2) is 9.27. The van der Waals surface area contributed by atoms with Crippen molar-refractivity contribution in [3.05, 3.63) is 59.2 Å². The zero-order chi connectivity index (χ0) is 19.1. The third kappa shape index (κ3) is 5.51. The molecule has 0 aliphatic carbocycles. The van der Waals surface area contributed by atoms with Crippen molar-refractivity contribution < 1.29 is 14.3 Å². The molecular formula is C22H29NO3. The lowest BCUT2D eigenvalue weighted by Crippen LogP contribution is -2.37. The van der Waals surface area contributed by atoms with Crippen molar-refractivity contribution in [3.63, 3.8) is 0 Å². The molecule has 140 valence electrons. The maximum atomic E-state index is 12.3. The van der Waals surface area contributed by atoms with E-state index < -0.39 is 6.10 Å². The summed E-state index contributed by atoms with van der Waals surface area (Å²) >= 11 is 0. The fraction of sp³-hybridized carbons (Fsp3) is 0.409. The Hall–Kier alpha value is -2.49. The molecule has 0 aliphatic heterocycles. The number of benzene rings is 2. The number of amides is 1. The lowest BCUT2D eigenvalue weighted by atomic mass is 10.0. The number of aryl methyl sites for hydroxylation is 1. The average molecular weight is 355 g/mol. The van der Waals surface area contributed by atoms with E-state index >= 15 is 0 Å². The summed E-state index contributed by atoms with van der Waals surface area (Å²) in [6, 6.07) is 14.0. The highest BCUT2D eigenvalue weighted by Crippen LogP contribution is 2.28. The quantitative estimate of drug-likeness (QED) is 0.770. The van der Waals surface area contributed by atoms with Crippen molar-refractivity contribution in [2.75, 3.05) is 13.7 Å². The van der Waals surface area contributed by atoms with E-state index in [2.05, 4.69) is 31.3 Å². The first-order chi connectivity index (χ1) is 12.4. The van der Waals surface area contributed by atoms with Gasteiger partial charge in [-0.25, -0.2) is 0 Å². The number of hydrogen-bond acceptors (Lipinski definition) is 3. The number of hydrogen-bond donors (Lipinski definition) is 1. The van der Waals surface area contributed by atoms with Crippen molar-refractivity contribution in [2.24, 2.45) is 0 Å². The minimum atomic E-state index is -0.537. The molecule has 1 unspecified atom stereocenters. The highest BCUT2D eigenvalue weighted by molar-refractivity contribution is 5.80. The summed E-state index contributed by atoms with van der Waals surface area (Å²) in [5, 5.41) is 2.95. The summed E-state index contributed by atoms with van der Waals surface area (Å²) in [6.07, 6.45) is 0.231. The zero-order valence-electron chi connectivity index (χ0n) is 16.3. The summed E-state index contributed by atoms with van der Waals surface area (Å²) < 4.78 is 11.1. The van der Waals surface area contributed by atoms with E-state index in [-0.39, 0.29) is 5.91 Å². The first-order valence-corrected chi connectivity index (χ1v) is 9.08. The third-order valence-electron chi connectivity index (χ3n) is 4.34. The van der Waals surface area contributed by atoms with E-state index in [1.807, 2.05) is 37.3 Å². The number of methoxy groups -OCH3 is 1. The maximum absolute atomic E-state index is 12.3. The highest BCUT2D eigenvalue weighted by atomic mass is 16.5. The van der Waals surface area contributed by atoms with Crippen LogP contribution in [0.3, 0.4) is 0 Å². The second-order valence-electron chi connectivity index (χ2n) is 6.85. The Bertz CT molecular complexity index is 723. The van der Waals surface area contributed by atoms with Gasteiger partial charge in [0, 0.05) is 6.54 Å². The molecule has 4 nitrogen and oxygen atoms in total. The molecule has 0 fully saturated rings. The summed E-state index contributed by atoms with van der Waals surface area (Å²) in [5.74, 6) is 1.86. The van der Waals surface area contributed by atoms with Crippen LogP contribution in [0.4, 0.5) is 0 Å². The van der Waals surface area contributed by atoms with Gasteiger partial charge in [-0.1, -0.05) is 38.1 Å². The topological polar surface area (TPSA) is 47.6 Å². The predicted molar refractivity (Wildman–Crippen MR) is 105 cm³/mol. The first-order valence-electron chi connectivity index (χ1n) is 9.08. The smallest absolute Gasteiger partial charge is 0.260 e. The van der Waals surface area contributed by atoms with Crippen molar-refractivity contribution in [1.29, 1.82) is 0 Å². The number of rotatable bonds is 8. The van der Waals surface area contributed by atoms with Gasteiger partial charge in [0.05, 0.1) is 7.11 Å². The summed E-state index contributed by atoms with van der Waals surface area (Å²) in [7, 11) is 1.65. The van der Waals surface area contributed by atoms with Gasteiger partial charge >= 0.3 is 0 Å². The van der Waals surface area contributed by atoms with Gasteiger partial charge in [0.25, 0.3) is 5.91 Å². The van der Waals surface area contributed by atoms with Crippen LogP contribution < -0.4 is 14.8 Å². The van der Waals surface area contributed by atoms with Gasteiger partial charge in [0.15, 0.2) is 6.10 Å². The average Bonchev–Trinajstić information content (AvgIpc) is 2.62. The number of ether oxygens (including phenoxy) is 2. The summed E-state index contributed by atoms with van der Waals surface area (Å²) in [6.45, 7) is 8.63. The molecule has 2 aromatic rings. The van der Waals surface area contributed by atoms with Gasteiger partial charge in [0.2, 0.25) is 0 Å². The number of carbonyl (C=O) groups is 1. The van der Waals surface area contributed by atoms with Crippen molar-refractivity contribution in [3.8, 4) is 11.5 Å². The largest absolute Gasteiger partial charge is 0.497 e. The van der Waals surface area contributed by atoms with Crippen LogP contribution >= 0.6 is 0 Å². The molecule has 0 saturated carbocycles. The molecule has 0 bridgehead atoms. The fourth-order valence-electron chi connectivity index (χ4n) is 2.73. The molecule has 0 radical (unpaired) electrons. The minimum Gasteiger partial charge on any atom is -0.497 e. The highest BCUT2D eigenvalue weighted by Gasteiger charge is 2.17. The van der Waals surface area contributed by atoms with Crippen molar-refractivity contribution in [1.82, 2.24) is 5.32 Å². The van der Waals surface area contributed by atoms with E-state index in [0.717, 1.165) is 34.6 Å². The Morgan fingerprint density at radius 1 is 1.08 bits per heavy atom. The summed E-state index contributed by atoms with van der Waals surface area (Å²) in [5.41, 5.74) is 3.39. The number of carbonyl (C=O) groups excluding carboxylic acids is 1. The van der Waals surface area contributed by atoms with Crippen LogP contribution in [0, 0.1) is 6.92 Å². The van der Waals surface area contributed by atoms with Crippen LogP contribution in [0.15, 0.2) is 42.5 Å². The molecule has 2 rings (SSSR count). The van der Waals surface area contributed by atoms with Gasteiger partial charge in [-0.3, -0.25) is 4.79 Å². The fourth-order valence-corrected chi connectivity index (χ4v) is 2.73. The van der Waals surface area contributed by atoms with Crippen molar-refractivity contribution >= 4 is 5.91 Å². The molecule has 4 heteroatoms. The van der Waals surface area contributed by atoms with Gasteiger partial charge < -0.3 is 14.8 Å². The van der Waals surface area contributed by atoms with Gasteiger partial charge in [-0.2, -0.15) is 0 Å². The van der Waals surface area contributed by atoms with Gasteiger partial charge in [-0.15, -0.1) is 0 Å². The Kier molecular flexibility index (Phi) is 7.07. The molecule has 1 N–H and O–H groups in total. The van der Waals surface area contributed by atoms with E-state index in [9.17, 15) is 4.79 Å². The summed E-state index contributed by atoms with van der Waals surface area (Å²) in [4.78, 5) is 12.3. The molecule has 1 atom stereocenters. The Morgan fingerprint density at radius 2 is 1.77 bits per heavy atom. The first kappa shape index (κ1) is 19.8. The Labute approximate surface area is 156 Å². The SMILES string of the molecule is COc1ccc(CCNC(=O)C(C)Oc2cc(C)ccc2C(C)C)cc1. The van der Waals surface area contributed by atoms with Crippen LogP contribution in [0.2, 0.25) is 0 Å². The maximum Gasteiger partial charge on any atom is 0.260 e. The molecule has 26 heavy (non-hydrogen) atoms. The van der Waals surface area contributed by atoms with E-state index in [4.69, 9.17) is 9.47 Å². The van der Waals surface area contributed by atoms with E-state index in [0.29, 0.717) is 12.5 Å². The van der Waals surface area contributed by atoms with Crippen molar-refractivity contribution in [2.45, 2.75) is 46.1 Å². The molecule has 0 aromatic heterocycles. The van der Waals surface area contributed by atoms with Crippen LogP contribution in [0.25, 0.3) is 0 Å². The third-order valence-corrected chi connectivity index (χ3v) is 4.34. The molecule has 1 amide bonds. The van der Waals surface area contributed by atoms with Gasteiger partial charge in [-0.05, 0) is 61.1 Å². The molecule has 0 heterocycles. The molecule has 2 aromatic carbocycles. The lowest BCUT2D eigenvalue weighted by Gasteiger charge is -2.19. The lowest BCUT2D eigenvalue weighted by molar-refractivity contribution is -0.127. The molecule has 0 saturated heterocycles. The zero-order valence-corrected chi connectivity index (χ0v) is 16.3. The monoisotopic (exact) mass is 355 g/mol. The Morgan fingerprint density at radius 3 is 2.38 bits per heavy atom. The molecule has 0 aliphatic rings. The van der Waals surface area contributed by atoms with E-state index in [1.54, 1.807) is 14.0 Å². The second-order valence-corrected chi connectivity index (χ2v) is 6.85. The van der Waals surface area contributed by atoms with Crippen LogP contribution in [-0.4, -0.2) is 25.7 Å².